The Hall–Kier alpha value is -0.100. The zero-order valence-corrected chi connectivity index (χ0v) is 16.1. The Morgan fingerprint density at radius 1 is 1.00 bits per heavy atom. The van der Waals surface area contributed by atoms with Crippen molar-refractivity contribution < 1.29 is 9.47 Å². The molecule has 0 aromatic heterocycles. The third-order valence-electron chi connectivity index (χ3n) is 2.93. The molecule has 120 valence electrons. The summed E-state index contributed by atoms with van der Waals surface area (Å²) in [4.78, 5) is 0. The van der Waals surface area contributed by atoms with Crippen LogP contribution < -0.4 is 10.1 Å². The van der Waals surface area contributed by atoms with Crippen LogP contribution in [-0.4, -0.2) is 26.4 Å². The highest BCUT2D eigenvalue weighted by atomic mass is 79.9. The summed E-state index contributed by atoms with van der Waals surface area (Å²) < 4.78 is 13.2. The fourth-order valence-corrected chi connectivity index (χ4v) is 3.32. The number of nitrogens with one attached hydrogen (secondary N) is 1. The molecule has 0 bridgehead atoms. The highest BCUT2D eigenvalue weighted by molar-refractivity contribution is 9.11. The molecular weight excluding hydrogens is 398 g/mol. The zero-order valence-electron chi connectivity index (χ0n) is 12.9. The number of hydrogen-bond acceptors (Lipinski definition) is 3. The van der Waals surface area contributed by atoms with E-state index in [1.165, 1.54) is 5.56 Å². The SMILES string of the molecule is CCCCOCCOc1c(Br)cc(CNCCC)cc1Br. The Kier molecular flexibility index (Phi) is 10.3. The molecule has 1 aromatic carbocycles. The van der Waals surface area contributed by atoms with Crippen LogP contribution in [0, 0.1) is 0 Å². The molecule has 1 N–H and O–H groups in total. The average molecular weight is 423 g/mol. The van der Waals surface area contributed by atoms with Crippen LogP contribution >= 0.6 is 31.9 Å². The lowest BCUT2D eigenvalue weighted by Gasteiger charge is -2.13. The van der Waals surface area contributed by atoms with E-state index in [0.717, 1.165) is 53.7 Å². The molecule has 1 rings (SSSR count). The molecule has 3 nitrogen and oxygen atoms in total. The van der Waals surface area contributed by atoms with E-state index in [0.29, 0.717) is 13.2 Å². The maximum Gasteiger partial charge on any atom is 0.147 e. The van der Waals surface area contributed by atoms with Gasteiger partial charge in [0.2, 0.25) is 0 Å². The molecule has 0 saturated heterocycles. The molecule has 0 radical (unpaired) electrons. The van der Waals surface area contributed by atoms with Crippen LogP contribution in [-0.2, 0) is 11.3 Å². The predicted octanol–water partition coefficient (Wildman–Crippen LogP) is 4.91. The third kappa shape index (κ3) is 7.63. The minimum Gasteiger partial charge on any atom is -0.489 e. The Labute approximate surface area is 145 Å². The predicted molar refractivity (Wildman–Crippen MR) is 95.1 cm³/mol. The Morgan fingerprint density at radius 2 is 1.71 bits per heavy atom. The van der Waals surface area contributed by atoms with E-state index in [2.05, 4.69) is 63.2 Å². The van der Waals surface area contributed by atoms with Gasteiger partial charge in [0.25, 0.3) is 0 Å². The lowest BCUT2D eigenvalue weighted by Crippen LogP contribution is -2.14. The maximum atomic E-state index is 5.79. The van der Waals surface area contributed by atoms with Gasteiger partial charge in [-0.2, -0.15) is 0 Å². The highest BCUT2D eigenvalue weighted by Gasteiger charge is 2.09. The Bertz CT molecular complexity index is 390. The van der Waals surface area contributed by atoms with Gasteiger partial charge in [-0.25, -0.2) is 0 Å². The first-order valence-electron chi connectivity index (χ1n) is 7.58. The molecule has 0 amide bonds. The Balaban J connectivity index is 2.43. The summed E-state index contributed by atoms with van der Waals surface area (Å²) in [6.45, 7) is 8.22. The van der Waals surface area contributed by atoms with Crippen molar-refractivity contribution in [3.8, 4) is 5.75 Å². The number of ether oxygens (including phenoxy) is 2. The van der Waals surface area contributed by atoms with Crippen LogP contribution in [0.25, 0.3) is 0 Å². The summed E-state index contributed by atoms with van der Waals surface area (Å²) in [5.74, 6) is 0.841. The molecule has 0 spiro atoms. The Morgan fingerprint density at radius 3 is 2.33 bits per heavy atom. The van der Waals surface area contributed by atoms with Crippen molar-refractivity contribution in [3.63, 3.8) is 0 Å². The maximum absolute atomic E-state index is 5.79. The molecule has 1 aromatic rings. The molecule has 0 aliphatic rings. The fraction of sp³-hybridized carbons (Fsp3) is 0.625. The quantitative estimate of drug-likeness (QED) is 0.514. The van der Waals surface area contributed by atoms with Crippen LogP contribution in [0.2, 0.25) is 0 Å². The standard InChI is InChI=1S/C16H25Br2NO2/c1-3-5-7-20-8-9-21-16-14(17)10-13(11-15(16)18)12-19-6-4-2/h10-11,19H,3-9,12H2,1-2H3. The summed E-state index contributed by atoms with van der Waals surface area (Å²) >= 11 is 7.15. The third-order valence-corrected chi connectivity index (χ3v) is 4.11. The highest BCUT2D eigenvalue weighted by Crippen LogP contribution is 2.34. The molecule has 0 aliphatic heterocycles. The van der Waals surface area contributed by atoms with E-state index in [4.69, 9.17) is 9.47 Å². The molecule has 0 unspecified atom stereocenters. The second kappa shape index (κ2) is 11.5. The van der Waals surface area contributed by atoms with Gasteiger partial charge < -0.3 is 14.8 Å². The van der Waals surface area contributed by atoms with Crippen LogP contribution in [0.1, 0.15) is 38.7 Å². The van der Waals surface area contributed by atoms with Crippen molar-refractivity contribution in [1.82, 2.24) is 5.32 Å². The van der Waals surface area contributed by atoms with E-state index in [1.54, 1.807) is 0 Å². The van der Waals surface area contributed by atoms with Gasteiger partial charge in [0, 0.05) is 13.2 Å². The summed E-state index contributed by atoms with van der Waals surface area (Å²) in [5, 5.41) is 3.39. The molecule has 0 heterocycles. The summed E-state index contributed by atoms with van der Waals surface area (Å²) in [7, 11) is 0. The van der Waals surface area contributed by atoms with Crippen LogP contribution in [0.3, 0.4) is 0 Å². The smallest absolute Gasteiger partial charge is 0.147 e. The van der Waals surface area contributed by atoms with Crippen LogP contribution in [0.5, 0.6) is 5.75 Å². The monoisotopic (exact) mass is 421 g/mol. The number of hydrogen-bond donors (Lipinski definition) is 1. The second-order valence-corrected chi connectivity index (χ2v) is 6.59. The number of halogens is 2. The first kappa shape index (κ1) is 18.9. The van der Waals surface area contributed by atoms with Crippen LogP contribution in [0.15, 0.2) is 21.1 Å². The molecule has 0 fully saturated rings. The first-order chi connectivity index (χ1) is 10.2. The normalized spacial score (nSPS) is 10.9. The van der Waals surface area contributed by atoms with Crippen molar-refractivity contribution in [3.05, 3.63) is 26.6 Å². The lowest BCUT2D eigenvalue weighted by atomic mass is 10.2. The number of benzene rings is 1. The van der Waals surface area contributed by atoms with Crippen LogP contribution in [0.4, 0.5) is 0 Å². The molecule has 0 atom stereocenters. The largest absolute Gasteiger partial charge is 0.489 e. The van der Waals surface area contributed by atoms with Crippen molar-refractivity contribution in [2.24, 2.45) is 0 Å². The van der Waals surface area contributed by atoms with Gasteiger partial charge in [-0.15, -0.1) is 0 Å². The minimum absolute atomic E-state index is 0.564. The molecule has 0 saturated carbocycles. The number of rotatable bonds is 11. The van der Waals surface area contributed by atoms with E-state index in [9.17, 15) is 0 Å². The van der Waals surface area contributed by atoms with Gasteiger partial charge in [-0.05, 0) is 68.9 Å². The van der Waals surface area contributed by atoms with Gasteiger partial charge in [-0.3, -0.25) is 0 Å². The topological polar surface area (TPSA) is 30.5 Å². The van der Waals surface area contributed by atoms with Crippen molar-refractivity contribution in [2.75, 3.05) is 26.4 Å². The van der Waals surface area contributed by atoms with Gasteiger partial charge >= 0.3 is 0 Å². The van der Waals surface area contributed by atoms with E-state index in [1.807, 2.05) is 0 Å². The van der Waals surface area contributed by atoms with E-state index >= 15 is 0 Å². The summed E-state index contributed by atoms with van der Waals surface area (Å²) in [6.07, 6.45) is 3.40. The molecule has 21 heavy (non-hydrogen) atoms. The summed E-state index contributed by atoms with van der Waals surface area (Å²) in [6, 6.07) is 4.20. The van der Waals surface area contributed by atoms with Gasteiger partial charge in [0.15, 0.2) is 0 Å². The van der Waals surface area contributed by atoms with E-state index < -0.39 is 0 Å². The lowest BCUT2D eigenvalue weighted by molar-refractivity contribution is 0.0975. The van der Waals surface area contributed by atoms with E-state index in [-0.39, 0.29) is 0 Å². The minimum atomic E-state index is 0.564. The molecule has 0 aliphatic carbocycles. The molecular formula is C16H25Br2NO2. The van der Waals surface area contributed by atoms with Crippen molar-refractivity contribution >= 4 is 31.9 Å². The average Bonchev–Trinajstić information content (AvgIpc) is 2.45. The molecule has 5 heteroatoms. The zero-order chi connectivity index (χ0) is 15.5. The van der Waals surface area contributed by atoms with Gasteiger partial charge in [-0.1, -0.05) is 20.3 Å². The van der Waals surface area contributed by atoms with Crippen molar-refractivity contribution in [2.45, 2.75) is 39.7 Å². The first-order valence-corrected chi connectivity index (χ1v) is 9.16. The number of unbranched alkanes of at least 4 members (excludes halogenated alkanes) is 1. The summed E-state index contributed by atoms with van der Waals surface area (Å²) in [5.41, 5.74) is 1.23. The second-order valence-electron chi connectivity index (χ2n) is 4.88. The van der Waals surface area contributed by atoms with Gasteiger partial charge in [0.1, 0.15) is 12.4 Å². The van der Waals surface area contributed by atoms with Crippen molar-refractivity contribution in [1.29, 1.82) is 0 Å². The van der Waals surface area contributed by atoms with Gasteiger partial charge in [0.05, 0.1) is 15.6 Å². The fourth-order valence-electron chi connectivity index (χ4n) is 1.81.